The van der Waals surface area contributed by atoms with Gasteiger partial charge in [0.05, 0.1) is 5.56 Å². The lowest BCUT2D eigenvalue weighted by atomic mass is 10.1. The van der Waals surface area contributed by atoms with Gasteiger partial charge < -0.3 is 9.84 Å². The second kappa shape index (κ2) is 2.96. The van der Waals surface area contributed by atoms with E-state index in [9.17, 15) is 18.3 Å². The molecule has 1 N–H and O–H groups in total. The molecule has 0 unspecified atom stereocenters. The number of rotatable bonds is 1. The lowest BCUT2D eigenvalue weighted by Crippen LogP contribution is -2.03. The smallest absolute Gasteiger partial charge is 0.338 e. The van der Waals surface area contributed by atoms with Crippen LogP contribution in [0.3, 0.4) is 0 Å². The number of aromatic hydroxyl groups is 1. The van der Waals surface area contributed by atoms with Crippen LogP contribution in [0.2, 0.25) is 0 Å². The summed E-state index contributed by atoms with van der Waals surface area (Å²) in [6.45, 7) is -0.106. The van der Waals surface area contributed by atoms with E-state index in [-0.39, 0.29) is 28.4 Å². The number of carbonyl (C=O) groups is 1. The van der Waals surface area contributed by atoms with Crippen molar-refractivity contribution < 1.29 is 23.1 Å². The molecule has 0 saturated carbocycles. The molecular weight excluding hydrogens is 220 g/mol. The number of carbonyl (C=O) groups excluding carboxylic acids is 1. The maximum absolute atomic E-state index is 11.4. The number of phenolic OH excluding ortho intramolecular Hbond substituents is 1. The van der Waals surface area contributed by atoms with E-state index < -0.39 is 15.8 Å². The van der Waals surface area contributed by atoms with Gasteiger partial charge in [-0.25, -0.2) is 13.2 Å². The normalized spacial score (nSPS) is 14.9. The van der Waals surface area contributed by atoms with Gasteiger partial charge in [0.25, 0.3) is 0 Å². The number of hydrogen-bond acceptors (Lipinski definition) is 5. The van der Waals surface area contributed by atoms with Crippen molar-refractivity contribution in [1.29, 1.82) is 0 Å². The van der Waals surface area contributed by atoms with Crippen molar-refractivity contribution >= 4 is 15.8 Å². The number of sulfone groups is 1. The number of phenols is 1. The fraction of sp³-hybridized carbons (Fsp3) is 0.222. The Bertz CT molecular complexity index is 544. The molecule has 1 aromatic rings. The van der Waals surface area contributed by atoms with Crippen LogP contribution in [-0.2, 0) is 21.2 Å². The van der Waals surface area contributed by atoms with Crippen LogP contribution < -0.4 is 0 Å². The lowest BCUT2D eigenvalue weighted by molar-refractivity contribution is 0.0533. The van der Waals surface area contributed by atoms with E-state index in [1.807, 2.05) is 0 Å². The second-order valence-corrected chi connectivity index (χ2v) is 5.24. The van der Waals surface area contributed by atoms with Gasteiger partial charge in [0.15, 0.2) is 9.84 Å². The van der Waals surface area contributed by atoms with E-state index in [1.165, 1.54) is 12.1 Å². The topological polar surface area (TPSA) is 80.7 Å². The molecule has 0 spiro atoms. The van der Waals surface area contributed by atoms with Crippen LogP contribution in [0, 0.1) is 0 Å². The van der Waals surface area contributed by atoms with Crippen LogP contribution >= 0.6 is 0 Å². The van der Waals surface area contributed by atoms with Crippen LogP contribution in [0.1, 0.15) is 15.9 Å². The summed E-state index contributed by atoms with van der Waals surface area (Å²) in [6.07, 6.45) is 0.977. The molecule has 0 fully saturated rings. The van der Waals surface area contributed by atoms with E-state index in [0.717, 1.165) is 6.26 Å². The Morgan fingerprint density at radius 1 is 1.40 bits per heavy atom. The zero-order chi connectivity index (χ0) is 11.2. The van der Waals surface area contributed by atoms with Gasteiger partial charge in [-0.05, 0) is 12.1 Å². The minimum atomic E-state index is -3.56. The fourth-order valence-electron chi connectivity index (χ4n) is 1.58. The van der Waals surface area contributed by atoms with Gasteiger partial charge in [-0.1, -0.05) is 0 Å². The van der Waals surface area contributed by atoms with Gasteiger partial charge in [0.1, 0.15) is 17.3 Å². The van der Waals surface area contributed by atoms with Crippen LogP contribution in [0.5, 0.6) is 5.75 Å². The molecule has 0 aliphatic carbocycles. The molecular formula is C9H8O5S. The van der Waals surface area contributed by atoms with Crippen LogP contribution in [0.25, 0.3) is 0 Å². The first kappa shape index (κ1) is 9.97. The average Bonchev–Trinajstić information content (AvgIpc) is 2.45. The van der Waals surface area contributed by atoms with Gasteiger partial charge in [0.2, 0.25) is 0 Å². The zero-order valence-corrected chi connectivity index (χ0v) is 8.67. The number of ether oxygens (including phenoxy) is 1. The lowest BCUT2D eigenvalue weighted by Gasteiger charge is -2.05. The molecule has 0 bridgehead atoms. The van der Waals surface area contributed by atoms with E-state index >= 15 is 0 Å². The van der Waals surface area contributed by atoms with Crippen molar-refractivity contribution in [2.24, 2.45) is 0 Å². The number of benzene rings is 1. The summed E-state index contributed by atoms with van der Waals surface area (Å²) < 4.78 is 27.5. The Kier molecular flexibility index (Phi) is 1.97. The number of esters is 1. The Labute approximate surface area is 86.2 Å². The summed E-state index contributed by atoms with van der Waals surface area (Å²) in [5.74, 6) is -0.913. The molecule has 0 saturated heterocycles. The van der Waals surface area contributed by atoms with Crippen molar-refractivity contribution in [2.75, 3.05) is 6.26 Å². The third kappa shape index (κ3) is 1.46. The third-order valence-electron chi connectivity index (χ3n) is 2.18. The fourth-order valence-corrected chi connectivity index (χ4v) is 2.64. The highest BCUT2D eigenvalue weighted by Crippen LogP contribution is 2.33. The van der Waals surface area contributed by atoms with Crippen molar-refractivity contribution in [3.05, 3.63) is 23.3 Å². The molecule has 6 heteroatoms. The summed E-state index contributed by atoms with van der Waals surface area (Å²) in [4.78, 5) is 10.9. The van der Waals surface area contributed by atoms with Crippen LogP contribution in [-0.4, -0.2) is 25.7 Å². The van der Waals surface area contributed by atoms with Gasteiger partial charge in [-0.2, -0.15) is 0 Å². The average molecular weight is 228 g/mol. The summed E-state index contributed by atoms with van der Waals surface area (Å²) >= 11 is 0. The first-order valence-corrected chi connectivity index (χ1v) is 6.02. The molecule has 0 amide bonds. The molecule has 15 heavy (non-hydrogen) atoms. The maximum atomic E-state index is 11.4. The SMILES string of the molecule is CS(=O)(=O)c1c(O)ccc2c1COC2=O. The number of fused-ring (bicyclic) bond motifs is 1. The second-order valence-electron chi connectivity index (χ2n) is 3.29. The van der Waals surface area contributed by atoms with Gasteiger partial charge in [0, 0.05) is 11.8 Å². The highest BCUT2D eigenvalue weighted by Gasteiger charge is 2.29. The summed E-state index contributed by atoms with van der Waals surface area (Å²) in [5.41, 5.74) is 0.440. The minimum absolute atomic E-state index is 0.106. The maximum Gasteiger partial charge on any atom is 0.338 e. The first-order chi connectivity index (χ1) is 6.91. The van der Waals surface area contributed by atoms with E-state index in [4.69, 9.17) is 4.74 Å². The molecule has 1 aliphatic heterocycles. The Hall–Kier alpha value is -1.56. The standard InChI is InChI=1S/C9H8O5S/c1-15(12,13)8-6-4-14-9(11)5(6)2-3-7(8)10/h2-3,10H,4H2,1H3. The number of hydrogen-bond donors (Lipinski definition) is 1. The van der Waals surface area contributed by atoms with Crippen molar-refractivity contribution in [1.82, 2.24) is 0 Å². The Morgan fingerprint density at radius 3 is 2.67 bits per heavy atom. The summed E-state index contributed by atoms with van der Waals surface area (Å²) in [6, 6.07) is 2.54. The Balaban J connectivity index is 2.81. The molecule has 2 rings (SSSR count). The molecule has 1 aromatic carbocycles. The highest BCUT2D eigenvalue weighted by atomic mass is 32.2. The quantitative estimate of drug-likeness (QED) is 0.706. The molecule has 0 radical (unpaired) electrons. The predicted octanol–water partition coefficient (Wildman–Crippen LogP) is 0.466. The molecule has 1 aliphatic rings. The van der Waals surface area contributed by atoms with Crippen LogP contribution in [0.15, 0.2) is 17.0 Å². The van der Waals surface area contributed by atoms with E-state index in [1.54, 1.807) is 0 Å². The molecule has 80 valence electrons. The zero-order valence-electron chi connectivity index (χ0n) is 7.85. The Morgan fingerprint density at radius 2 is 2.07 bits per heavy atom. The van der Waals surface area contributed by atoms with Crippen LogP contribution in [0.4, 0.5) is 0 Å². The largest absolute Gasteiger partial charge is 0.507 e. The predicted molar refractivity (Wildman–Crippen MR) is 50.3 cm³/mol. The van der Waals surface area contributed by atoms with Gasteiger partial charge in [-0.3, -0.25) is 0 Å². The van der Waals surface area contributed by atoms with Gasteiger partial charge >= 0.3 is 5.97 Å². The van der Waals surface area contributed by atoms with Gasteiger partial charge in [-0.15, -0.1) is 0 Å². The molecule has 5 nitrogen and oxygen atoms in total. The monoisotopic (exact) mass is 228 g/mol. The summed E-state index contributed by atoms with van der Waals surface area (Å²) in [5, 5.41) is 9.45. The third-order valence-corrected chi connectivity index (χ3v) is 3.38. The number of cyclic esters (lactones) is 1. The van der Waals surface area contributed by atoms with Crippen molar-refractivity contribution in [2.45, 2.75) is 11.5 Å². The first-order valence-electron chi connectivity index (χ1n) is 4.13. The summed E-state index contributed by atoms with van der Waals surface area (Å²) in [7, 11) is -3.56. The van der Waals surface area contributed by atoms with E-state index in [2.05, 4.69) is 0 Å². The highest BCUT2D eigenvalue weighted by molar-refractivity contribution is 7.90. The van der Waals surface area contributed by atoms with Crippen molar-refractivity contribution in [3.8, 4) is 5.75 Å². The van der Waals surface area contributed by atoms with Crippen molar-refractivity contribution in [3.63, 3.8) is 0 Å². The van der Waals surface area contributed by atoms with E-state index in [0.29, 0.717) is 0 Å². The molecule has 0 atom stereocenters. The molecule has 0 aromatic heterocycles. The minimum Gasteiger partial charge on any atom is -0.507 e. The molecule has 1 heterocycles.